The number of Topliss-reactive ketones (excluding diaryl/α,β-unsaturated/α-hetero) is 1. The van der Waals surface area contributed by atoms with Gasteiger partial charge in [0.2, 0.25) is 0 Å². The largest absolute Gasteiger partial charge is 0.465 e. The molecule has 0 radical (unpaired) electrons. The van der Waals surface area contributed by atoms with E-state index in [2.05, 4.69) is 0 Å². The topological polar surface area (TPSA) is 83.9 Å². The smallest absolute Gasteiger partial charge is 0.407 e. The lowest BCUT2D eigenvalue weighted by atomic mass is 10.00. The van der Waals surface area contributed by atoms with Gasteiger partial charge in [0.05, 0.1) is 6.61 Å². The van der Waals surface area contributed by atoms with E-state index in [9.17, 15) is 14.4 Å². The summed E-state index contributed by atoms with van der Waals surface area (Å²) < 4.78 is 4.78. The first-order valence-corrected chi connectivity index (χ1v) is 5.23. The summed E-state index contributed by atoms with van der Waals surface area (Å²) in [6.45, 7) is 2.25. The van der Waals surface area contributed by atoms with Crippen molar-refractivity contribution in [2.75, 3.05) is 19.7 Å². The van der Waals surface area contributed by atoms with Gasteiger partial charge in [-0.15, -0.1) is 0 Å². The van der Waals surface area contributed by atoms with E-state index in [0.717, 1.165) is 4.90 Å². The lowest BCUT2D eigenvalue weighted by molar-refractivity contribution is -0.151. The number of carbonyl (C=O) groups excluding carboxylic acids is 2. The highest BCUT2D eigenvalue weighted by atomic mass is 16.5. The fourth-order valence-corrected chi connectivity index (χ4v) is 1.66. The van der Waals surface area contributed by atoms with E-state index >= 15 is 0 Å². The molecule has 1 aliphatic heterocycles. The van der Waals surface area contributed by atoms with Gasteiger partial charge in [0.1, 0.15) is 11.7 Å². The third kappa shape index (κ3) is 2.95. The van der Waals surface area contributed by atoms with Crippen molar-refractivity contribution in [2.45, 2.75) is 19.8 Å². The Morgan fingerprint density at radius 1 is 1.50 bits per heavy atom. The van der Waals surface area contributed by atoms with Crippen LogP contribution in [0.5, 0.6) is 0 Å². The van der Waals surface area contributed by atoms with E-state index in [0.29, 0.717) is 0 Å². The Hall–Kier alpha value is -1.59. The van der Waals surface area contributed by atoms with Crippen molar-refractivity contribution < 1.29 is 24.2 Å². The van der Waals surface area contributed by atoms with Gasteiger partial charge in [-0.2, -0.15) is 0 Å². The Labute approximate surface area is 93.2 Å². The highest BCUT2D eigenvalue weighted by Gasteiger charge is 2.32. The molecule has 1 atom stereocenters. The maximum Gasteiger partial charge on any atom is 0.407 e. The Morgan fingerprint density at radius 3 is 2.75 bits per heavy atom. The molecule has 6 nitrogen and oxygen atoms in total. The molecular weight excluding hydrogens is 214 g/mol. The average molecular weight is 229 g/mol. The molecule has 1 rings (SSSR count). The molecule has 1 aliphatic rings. The number of ether oxygens (including phenoxy) is 1. The zero-order valence-electron chi connectivity index (χ0n) is 9.14. The minimum atomic E-state index is -1.06. The Balaban J connectivity index is 2.64. The van der Waals surface area contributed by atoms with Crippen molar-refractivity contribution in [1.82, 2.24) is 4.90 Å². The van der Waals surface area contributed by atoms with Gasteiger partial charge in [0, 0.05) is 19.5 Å². The number of carboxylic acid groups (broad SMARTS) is 1. The number of hydrogen-bond donors (Lipinski definition) is 1. The lowest BCUT2D eigenvalue weighted by Crippen LogP contribution is -2.30. The highest BCUT2D eigenvalue weighted by Crippen LogP contribution is 2.16. The molecule has 1 saturated heterocycles. The number of nitrogens with zero attached hydrogens (tertiary/aromatic N) is 1. The van der Waals surface area contributed by atoms with Gasteiger partial charge in [0.25, 0.3) is 0 Å². The van der Waals surface area contributed by atoms with Crippen LogP contribution in [0.3, 0.4) is 0 Å². The van der Waals surface area contributed by atoms with Crippen molar-refractivity contribution in [3.05, 3.63) is 0 Å². The number of amides is 1. The fourth-order valence-electron chi connectivity index (χ4n) is 1.66. The van der Waals surface area contributed by atoms with Crippen molar-refractivity contribution in [1.29, 1.82) is 0 Å². The fraction of sp³-hybridized carbons (Fsp3) is 0.700. The summed E-state index contributed by atoms with van der Waals surface area (Å²) in [6, 6.07) is 0. The number of likely N-dealkylation sites (tertiary alicyclic amines) is 1. The summed E-state index contributed by atoms with van der Waals surface area (Å²) in [5.41, 5.74) is 0. The normalized spacial score (nSPS) is 21.4. The molecule has 0 aromatic heterocycles. The minimum absolute atomic E-state index is 0.0791. The molecular formula is C10H15NO5. The predicted octanol–water partition coefficient (Wildman–Crippen LogP) is 0.509. The molecule has 0 aromatic carbocycles. The van der Waals surface area contributed by atoms with E-state index in [-0.39, 0.29) is 38.3 Å². The van der Waals surface area contributed by atoms with Gasteiger partial charge in [-0.3, -0.25) is 9.59 Å². The summed E-state index contributed by atoms with van der Waals surface area (Å²) in [4.78, 5) is 34.9. The van der Waals surface area contributed by atoms with Crippen molar-refractivity contribution in [2.24, 2.45) is 5.92 Å². The first-order chi connectivity index (χ1) is 7.56. The van der Waals surface area contributed by atoms with E-state index in [1.807, 2.05) is 0 Å². The zero-order chi connectivity index (χ0) is 12.1. The molecule has 90 valence electrons. The molecule has 1 heterocycles. The molecule has 1 unspecified atom stereocenters. The van der Waals surface area contributed by atoms with Crippen molar-refractivity contribution in [3.63, 3.8) is 0 Å². The van der Waals surface area contributed by atoms with Gasteiger partial charge in [0.15, 0.2) is 0 Å². The number of esters is 1. The molecule has 1 N–H and O–H groups in total. The Bertz CT molecular complexity index is 302. The zero-order valence-corrected chi connectivity index (χ0v) is 9.14. The molecule has 1 fully saturated rings. The highest BCUT2D eigenvalue weighted by molar-refractivity contribution is 5.99. The van der Waals surface area contributed by atoms with Gasteiger partial charge >= 0.3 is 12.1 Å². The van der Waals surface area contributed by atoms with Crippen LogP contribution in [-0.4, -0.2) is 47.5 Å². The maximum absolute atomic E-state index is 11.6. The minimum Gasteiger partial charge on any atom is -0.465 e. The van der Waals surface area contributed by atoms with Crippen LogP contribution in [-0.2, 0) is 14.3 Å². The summed E-state index contributed by atoms with van der Waals surface area (Å²) in [6.07, 6.45) is -0.767. The second-order valence-electron chi connectivity index (χ2n) is 3.58. The van der Waals surface area contributed by atoms with Gasteiger partial charge in [-0.1, -0.05) is 0 Å². The number of rotatable bonds is 2. The summed E-state index contributed by atoms with van der Waals surface area (Å²) in [7, 11) is 0. The quantitative estimate of drug-likeness (QED) is 0.551. The second-order valence-corrected chi connectivity index (χ2v) is 3.58. The van der Waals surface area contributed by atoms with Crippen LogP contribution in [0.15, 0.2) is 0 Å². The van der Waals surface area contributed by atoms with E-state index in [1.165, 1.54) is 0 Å². The molecule has 0 aromatic rings. The summed E-state index contributed by atoms with van der Waals surface area (Å²) in [5.74, 6) is -1.58. The second kappa shape index (κ2) is 5.48. The Morgan fingerprint density at radius 2 is 2.19 bits per heavy atom. The summed E-state index contributed by atoms with van der Waals surface area (Å²) >= 11 is 0. The van der Waals surface area contributed by atoms with Crippen LogP contribution >= 0.6 is 0 Å². The number of carbonyl (C=O) groups is 3. The predicted molar refractivity (Wildman–Crippen MR) is 54.0 cm³/mol. The van der Waals surface area contributed by atoms with E-state index in [4.69, 9.17) is 9.84 Å². The number of hydrogen-bond acceptors (Lipinski definition) is 4. The molecule has 0 spiro atoms. The third-order valence-corrected chi connectivity index (χ3v) is 2.55. The van der Waals surface area contributed by atoms with Crippen molar-refractivity contribution in [3.8, 4) is 0 Å². The molecule has 16 heavy (non-hydrogen) atoms. The number of ketones is 1. The van der Waals surface area contributed by atoms with Crippen molar-refractivity contribution >= 4 is 17.8 Å². The molecule has 0 saturated carbocycles. The first kappa shape index (κ1) is 12.5. The van der Waals surface area contributed by atoms with Crippen LogP contribution in [0, 0.1) is 5.92 Å². The van der Waals surface area contributed by atoms with Crippen LogP contribution in [0.25, 0.3) is 0 Å². The van der Waals surface area contributed by atoms with Gasteiger partial charge < -0.3 is 14.7 Å². The van der Waals surface area contributed by atoms with Crippen LogP contribution < -0.4 is 0 Å². The third-order valence-electron chi connectivity index (χ3n) is 2.55. The standard InChI is InChI=1S/C10H15NO5/c1-2-16-9(13)7-3-5-11(10(14)15)6-4-8(7)12/h7H,2-6H2,1H3,(H,14,15). The van der Waals surface area contributed by atoms with Crippen LogP contribution in [0.4, 0.5) is 4.79 Å². The van der Waals surface area contributed by atoms with Crippen LogP contribution in [0.1, 0.15) is 19.8 Å². The lowest BCUT2D eigenvalue weighted by Gasteiger charge is -2.15. The monoisotopic (exact) mass is 229 g/mol. The molecule has 1 amide bonds. The SMILES string of the molecule is CCOC(=O)C1CCN(C(=O)O)CCC1=O. The first-order valence-electron chi connectivity index (χ1n) is 5.23. The van der Waals surface area contributed by atoms with Crippen LogP contribution in [0.2, 0.25) is 0 Å². The molecule has 0 bridgehead atoms. The maximum atomic E-state index is 11.6. The average Bonchev–Trinajstić information content (AvgIpc) is 2.40. The van der Waals surface area contributed by atoms with Gasteiger partial charge in [-0.05, 0) is 13.3 Å². The van der Waals surface area contributed by atoms with E-state index in [1.54, 1.807) is 6.92 Å². The van der Waals surface area contributed by atoms with E-state index < -0.39 is 18.0 Å². The van der Waals surface area contributed by atoms with Gasteiger partial charge in [-0.25, -0.2) is 4.79 Å². The molecule has 0 aliphatic carbocycles. The Kier molecular flexibility index (Phi) is 4.28. The molecule has 6 heteroatoms. The summed E-state index contributed by atoms with van der Waals surface area (Å²) in [5, 5.41) is 8.78.